The van der Waals surface area contributed by atoms with Gasteiger partial charge in [-0.15, -0.1) is 0 Å². The minimum Gasteiger partial charge on any atom is -0.465 e. The van der Waals surface area contributed by atoms with Crippen LogP contribution < -0.4 is 0 Å². The molecular weight excluding hydrogens is 264 g/mol. The average molecular weight is 282 g/mol. The van der Waals surface area contributed by atoms with Crippen molar-refractivity contribution in [2.75, 3.05) is 13.7 Å². The van der Waals surface area contributed by atoms with Crippen LogP contribution >= 0.6 is 0 Å². The zero-order valence-corrected chi connectivity index (χ0v) is 12.0. The van der Waals surface area contributed by atoms with Crippen molar-refractivity contribution in [1.29, 1.82) is 0 Å². The van der Waals surface area contributed by atoms with Gasteiger partial charge in [-0.05, 0) is 23.3 Å². The lowest BCUT2D eigenvalue weighted by molar-refractivity contribution is 0.0600. The molecule has 0 aliphatic heterocycles. The Balaban J connectivity index is 1.83. The van der Waals surface area contributed by atoms with Gasteiger partial charge in [0.05, 0.1) is 25.9 Å². The van der Waals surface area contributed by atoms with E-state index in [1.54, 1.807) is 12.1 Å². The van der Waals surface area contributed by atoms with Crippen molar-refractivity contribution in [2.24, 2.45) is 0 Å². The predicted molar refractivity (Wildman–Crippen MR) is 82.9 cm³/mol. The fourth-order valence-electron chi connectivity index (χ4n) is 1.89. The Hall–Kier alpha value is -2.39. The standard InChI is InChI=1S/C18H18O3/c1-20-18(19)17-11-5-9-15(13-17)10-6-12-21-14-16-7-3-2-4-8-16/h2-11,13H,12,14H2,1H3/b10-6+. The van der Waals surface area contributed by atoms with Crippen LogP contribution in [0.4, 0.5) is 0 Å². The van der Waals surface area contributed by atoms with Crippen LogP contribution in [0.1, 0.15) is 21.5 Å². The van der Waals surface area contributed by atoms with Gasteiger partial charge in [0, 0.05) is 0 Å². The Morgan fingerprint density at radius 3 is 2.67 bits per heavy atom. The molecule has 21 heavy (non-hydrogen) atoms. The second-order valence-electron chi connectivity index (χ2n) is 4.52. The minimum atomic E-state index is -0.328. The van der Waals surface area contributed by atoms with E-state index >= 15 is 0 Å². The summed E-state index contributed by atoms with van der Waals surface area (Å²) >= 11 is 0. The molecule has 0 bridgehead atoms. The molecule has 0 saturated heterocycles. The molecule has 0 radical (unpaired) electrons. The lowest BCUT2D eigenvalue weighted by atomic mass is 10.1. The first kappa shape index (κ1) is 15.0. The van der Waals surface area contributed by atoms with E-state index in [0.29, 0.717) is 18.8 Å². The second kappa shape index (κ2) is 8.02. The number of benzene rings is 2. The van der Waals surface area contributed by atoms with E-state index in [9.17, 15) is 4.79 Å². The Kier molecular flexibility index (Phi) is 5.73. The first-order valence-corrected chi connectivity index (χ1v) is 6.76. The third kappa shape index (κ3) is 4.89. The fraction of sp³-hybridized carbons (Fsp3) is 0.167. The molecule has 3 heteroatoms. The predicted octanol–water partition coefficient (Wildman–Crippen LogP) is 3.70. The first-order chi connectivity index (χ1) is 10.3. The van der Waals surface area contributed by atoms with E-state index in [1.807, 2.05) is 54.6 Å². The van der Waals surface area contributed by atoms with Crippen molar-refractivity contribution in [3.63, 3.8) is 0 Å². The Morgan fingerprint density at radius 2 is 1.90 bits per heavy atom. The molecule has 0 atom stereocenters. The van der Waals surface area contributed by atoms with Gasteiger partial charge in [0.2, 0.25) is 0 Å². The quantitative estimate of drug-likeness (QED) is 0.598. The van der Waals surface area contributed by atoms with Gasteiger partial charge in [-0.1, -0.05) is 54.6 Å². The largest absolute Gasteiger partial charge is 0.465 e. The van der Waals surface area contributed by atoms with Gasteiger partial charge in [-0.2, -0.15) is 0 Å². The summed E-state index contributed by atoms with van der Waals surface area (Å²) in [6.07, 6.45) is 3.86. The maximum atomic E-state index is 11.4. The third-order valence-corrected chi connectivity index (χ3v) is 2.94. The van der Waals surface area contributed by atoms with Crippen molar-refractivity contribution >= 4 is 12.0 Å². The minimum absolute atomic E-state index is 0.328. The van der Waals surface area contributed by atoms with Crippen molar-refractivity contribution in [2.45, 2.75) is 6.61 Å². The molecule has 0 unspecified atom stereocenters. The highest BCUT2D eigenvalue weighted by Crippen LogP contribution is 2.08. The average Bonchev–Trinajstić information content (AvgIpc) is 2.55. The Morgan fingerprint density at radius 1 is 1.10 bits per heavy atom. The SMILES string of the molecule is COC(=O)c1cccc(/C=C/COCc2ccccc2)c1. The van der Waals surface area contributed by atoms with Crippen LogP contribution in [0.2, 0.25) is 0 Å². The number of hydrogen-bond donors (Lipinski definition) is 0. The van der Waals surface area contributed by atoms with Crippen LogP contribution in [-0.2, 0) is 16.1 Å². The summed E-state index contributed by atoms with van der Waals surface area (Å²) in [6, 6.07) is 17.3. The fourth-order valence-corrected chi connectivity index (χ4v) is 1.89. The van der Waals surface area contributed by atoms with E-state index < -0.39 is 0 Å². The number of carbonyl (C=O) groups excluding carboxylic acids is 1. The maximum absolute atomic E-state index is 11.4. The van der Waals surface area contributed by atoms with Crippen LogP contribution in [0.5, 0.6) is 0 Å². The summed E-state index contributed by atoms with van der Waals surface area (Å²) < 4.78 is 10.3. The summed E-state index contributed by atoms with van der Waals surface area (Å²) in [5.41, 5.74) is 2.64. The van der Waals surface area contributed by atoms with Crippen LogP contribution in [-0.4, -0.2) is 19.7 Å². The molecule has 0 N–H and O–H groups in total. The number of esters is 1. The van der Waals surface area contributed by atoms with Gasteiger partial charge in [-0.25, -0.2) is 4.79 Å². The van der Waals surface area contributed by atoms with E-state index in [-0.39, 0.29) is 5.97 Å². The van der Waals surface area contributed by atoms with E-state index in [4.69, 9.17) is 9.47 Å². The highest BCUT2D eigenvalue weighted by molar-refractivity contribution is 5.89. The summed E-state index contributed by atoms with van der Waals surface area (Å²) in [6.45, 7) is 1.12. The van der Waals surface area contributed by atoms with Crippen LogP contribution in [0.15, 0.2) is 60.7 Å². The molecule has 0 saturated carbocycles. The Bertz CT molecular complexity index is 603. The molecule has 0 heterocycles. The zero-order chi connectivity index (χ0) is 14.9. The normalized spacial score (nSPS) is 10.7. The molecule has 2 rings (SSSR count). The van der Waals surface area contributed by atoms with Gasteiger partial charge < -0.3 is 9.47 Å². The monoisotopic (exact) mass is 282 g/mol. The van der Waals surface area contributed by atoms with Crippen LogP contribution in [0.25, 0.3) is 6.08 Å². The topological polar surface area (TPSA) is 35.5 Å². The third-order valence-electron chi connectivity index (χ3n) is 2.94. The van der Waals surface area contributed by atoms with Crippen LogP contribution in [0.3, 0.4) is 0 Å². The van der Waals surface area contributed by atoms with Crippen molar-refractivity contribution < 1.29 is 14.3 Å². The van der Waals surface area contributed by atoms with Crippen molar-refractivity contribution in [3.05, 3.63) is 77.4 Å². The van der Waals surface area contributed by atoms with Gasteiger partial charge >= 0.3 is 5.97 Å². The number of hydrogen-bond acceptors (Lipinski definition) is 3. The lowest BCUT2D eigenvalue weighted by Gasteiger charge is -2.02. The highest BCUT2D eigenvalue weighted by Gasteiger charge is 2.03. The summed E-state index contributed by atoms with van der Waals surface area (Å²) in [5.74, 6) is -0.328. The molecule has 0 aromatic heterocycles. The summed E-state index contributed by atoms with van der Waals surface area (Å²) in [7, 11) is 1.38. The van der Waals surface area contributed by atoms with Crippen molar-refractivity contribution in [1.82, 2.24) is 0 Å². The van der Waals surface area contributed by atoms with Gasteiger partial charge in [0.15, 0.2) is 0 Å². The second-order valence-corrected chi connectivity index (χ2v) is 4.52. The van der Waals surface area contributed by atoms with Gasteiger partial charge in [0.25, 0.3) is 0 Å². The van der Waals surface area contributed by atoms with Crippen LogP contribution in [0, 0.1) is 0 Å². The molecule has 3 nitrogen and oxygen atoms in total. The molecule has 0 fully saturated rings. The maximum Gasteiger partial charge on any atom is 0.337 e. The van der Waals surface area contributed by atoms with Gasteiger partial charge in [-0.3, -0.25) is 0 Å². The highest BCUT2D eigenvalue weighted by atomic mass is 16.5. The summed E-state index contributed by atoms with van der Waals surface area (Å²) in [4.78, 5) is 11.4. The van der Waals surface area contributed by atoms with E-state index in [2.05, 4.69) is 0 Å². The molecular formula is C18H18O3. The zero-order valence-electron chi connectivity index (χ0n) is 12.0. The molecule has 108 valence electrons. The van der Waals surface area contributed by atoms with Gasteiger partial charge in [0.1, 0.15) is 0 Å². The lowest BCUT2D eigenvalue weighted by Crippen LogP contribution is -2.00. The molecule has 0 aliphatic rings. The molecule has 0 spiro atoms. The van der Waals surface area contributed by atoms with E-state index in [1.165, 1.54) is 7.11 Å². The smallest absolute Gasteiger partial charge is 0.337 e. The first-order valence-electron chi connectivity index (χ1n) is 6.76. The number of carbonyl (C=O) groups is 1. The number of rotatable bonds is 6. The number of methoxy groups -OCH3 is 1. The molecule has 0 amide bonds. The molecule has 2 aromatic carbocycles. The number of ether oxygens (including phenoxy) is 2. The Labute approximate surface area is 124 Å². The molecule has 0 aliphatic carbocycles. The van der Waals surface area contributed by atoms with E-state index in [0.717, 1.165) is 11.1 Å². The molecule has 2 aromatic rings. The van der Waals surface area contributed by atoms with Crippen molar-refractivity contribution in [3.8, 4) is 0 Å². The summed E-state index contributed by atoms with van der Waals surface area (Å²) in [5, 5.41) is 0.